The second-order valence-electron chi connectivity index (χ2n) is 4.29. The van der Waals surface area contributed by atoms with E-state index in [0.29, 0.717) is 34.2 Å². The molecule has 0 radical (unpaired) electrons. The third kappa shape index (κ3) is 2.04. The third-order valence-electron chi connectivity index (χ3n) is 3.19. The third-order valence-corrected chi connectivity index (χ3v) is 4.02. The topological polar surface area (TPSA) is 83.6 Å². The molecule has 0 spiro atoms. The minimum absolute atomic E-state index is 0.0147. The fourth-order valence-electron chi connectivity index (χ4n) is 2.29. The summed E-state index contributed by atoms with van der Waals surface area (Å²) in [5.74, 6) is 0.718. The molecule has 1 saturated heterocycles. The summed E-state index contributed by atoms with van der Waals surface area (Å²) in [5.41, 5.74) is 0.605. The predicted molar refractivity (Wildman–Crippen MR) is 70.4 cm³/mol. The van der Waals surface area contributed by atoms with E-state index in [2.05, 4.69) is 31.0 Å². The van der Waals surface area contributed by atoms with Gasteiger partial charge in [-0.25, -0.2) is 19.3 Å². The summed E-state index contributed by atoms with van der Waals surface area (Å²) in [7, 11) is 0. The normalized spacial score (nSPS) is 19.3. The molecular weight excluding hydrogens is 338 g/mol. The lowest BCUT2D eigenvalue weighted by Gasteiger charge is -2.11. The fourth-order valence-corrected chi connectivity index (χ4v) is 3.16. The largest absolute Gasteiger partial charge is 0.465 e. The first kappa shape index (κ1) is 12.6. The summed E-state index contributed by atoms with van der Waals surface area (Å²) < 4.78 is 2.19. The van der Waals surface area contributed by atoms with Crippen molar-refractivity contribution >= 4 is 39.1 Å². The number of nitrogens with zero attached hydrogens (tertiary/aromatic N) is 5. The molecule has 3 rings (SSSR count). The lowest BCUT2D eigenvalue weighted by molar-refractivity contribution is 0.155. The summed E-state index contributed by atoms with van der Waals surface area (Å²) in [6, 6.07) is 0. The Bertz CT molecular complexity index is 661. The minimum Gasteiger partial charge on any atom is -0.465 e. The van der Waals surface area contributed by atoms with Gasteiger partial charge in [0.15, 0.2) is 5.15 Å². The highest BCUT2D eigenvalue weighted by atomic mass is 79.9. The van der Waals surface area contributed by atoms with Crippen molar-refractivity contribution in [3.63, 3.8) is 0 Å². The molecule has 1 atom stereocenters. The van der Waals surface area contributed by atoms with Gasteiger partial charge in [-0.05, 0) is 22.4 Å². The van der Waals surface area contributed by atoms with E-state index in [1.807, 2.05) is 0 Å². The first-order valence-corrected chi connectivity index (χ1v) is 6.77. The van der Waals surface area contributed by atoms with Gasteiger partial charge in [0.25, 0.3) is 0 Å². The molecule has 19 heavy (non-hydrogen) atoms. The Balaban J connectivity index is 2.03. The van der Waals surface area contributed by atoms with Crippen molar-refractivity contribution in [3.05, 3.63) is 21.9 Å². The summed E-state index contributed by atoms with van der Waals surface area (Å²) in [6.45, 7) is 0.924. The van der Waals surface area contributed by atoms with Crippen LogP contribution >= 0.6 is 27.5 Å². The average Bonchev–Trinajstić information content (AvgIpc) is 2.95. The van der Waals surface area contributed by atoms with Gasteiger partial charge >= 0.3 is 6.09 Å². The van der Waals surface area contributed by atoms with Gasteiger partial charge in [-0.2, -0.15) is 5.10 Å². The molecule has 2 aromatic heterocycles. The maximum absolute atomic E-state index is 10.9. The lowest BCUT2D eigenvalue weighted by atomic mass is 10.1. The van der Waals surface area contributed by atoms with Crippen molar-refractivity contribution in [1.82, 2.24) is 24.5 Å². The monoisotopic (exact) mass is 345 g/mol. The van der Waals surface area contributed by atoms with Crippen LogP contribution in [0.2, 0.25) is 5.15 Å². The Hall–Kier alpha value is -1.41. The van der Waals surface area contributed by atoms with Gasteiger partial charge < -0.3 is 10.0 Å². The summed E-state index contributed by atoms with van der Waals surface area (Å²) in [5, 5.41) is 13.4. The molecule has 1 amide bonds. The zero-order valence-corrected chi connectivity index (χ0v) is 12.0. The second-order valence-corrected chi connectivity index (χ2v) is 5.40. The number of amides is 1. The van der Waals surface area contributed by atoms with Crippen LogP contribution in [0.5, 0.6) is 0 Å². The van der Waals surface area contributed by atoms with Gasteiger partial charge in [0, 0.05) is 19.0 Å². The van der Waals surface area contributed by atoms with Gasteiger partial charge in [0.2, 0.25) is 0 Å². The van der Waals surface area contributed by atoms with Crippen molar-refractivity contribution in [2.45, 2.75) is 12.3 Å². The van der Waals surface area contributed by atoms with Crippen LogP contribution in [0.25, 0.3) is 5.52 Å². The highest BCUT2D eigenvalue weighted by Gasteiger charge is 2.31. The molecule has 7 nitrogen and oxygen atoms in total. The standard InChI is InChI=1S/C10H9BrClN5O2/c11-7-6-8(12)13-4-14-17(6)9(15-7)5-1-2-16(3-5)10(18)19/h4-5H,1-3H2,(H,18,19)/t5-/m0/s1. The first-order chi connectivity index (χ1) is 9.08. The van der Waals surface area contributed by atoms with Crippen molar-refractivity contribution in [2.24, 2.45) is 0 Å². The Kier molecular flexibility index (Phi) is 3.06. The molecule has 3 heterocycles. The van der Waals surface area contributed by atoms with Gasteiger partial charge in [0.1, 0.15) is 22.3 Å². The van der Waals surface area contributed by atoms with Gasteiger partial charge in [-0.15, -0.1) is 0 Å². The van der Waals surface area contributed by atoms with Crippen LogP contribution in [0.15, 0.2) is 10.9 Å². The van der Waals surface area contributed by atoms with Crippen LogP contribution in [0, 0.1) is 0 Å². The highest BCUT2D eigenvalue weighted by Crippen LogP contribution is 2.31. The molecule has 2 aromatic rings. The van der Waals surface area contributed by atoms with Crippen molar-refractivity contribution in [1.29, 1.82) is 0 Å². The molecule has 0 bridgehead atoms. The maximum Gasteiger partial charge on any atom is 0.407 e. The number of imidazole rings is 1. The van der Waals surface area contributed by atoms with E-state index in [0.717, 1.165) is 6.42 Å². The van der Waals surface area contributed by atoms with E-state index in [1.165, 1.54) is 11.2 Å². The summed E-state index contributed by atoms with van der Waals surface area (Å²) in [4.78, 5) is 20.6. The van der Waals surface area contributed by atoms with E-state index in [-0.39, 0.29) is 5.92 Å². The van der Waals surface area contributed by atoms with Crippen molar-refractivity contribution in [3.8, 4) is 0 Å². The fraction of sp³-hybridized carbons (Fsp3) is 0.400. The van der Waals surface area contributed by atoms with Crippen LogP contribution in [0.1, 0.15) is 18.2 Å². The maximum atomic E-state index is 10.9. The highest BCUT2D eigenvalue weighted by molar-refractivity contribution is 9.10. The van der Waals surface area contributed by atoms with Gasteiger partial charge in [0.05, 0.1) is 0 Å². The molecule has 9 heteroatoms. The molecule has 1 aliphatic heterocycles. The smallest absolute Gasteiger partial charge is 0.407 e. The van der Waals surface area contributed by atoms with E-state index < -0.39 is 6.09 Å². The van der Waals surface area contributed by atoms with E-state index in [9.17, 15) is 4.79 Å². The Morgan fingerprint density at radius 3 is 3.05 bits per heavy atom. The SMILES string of the molecule is O=C(O)N1CC[C@H](c2nc(Br)c3c(Cl)ncnn23)C1. The Morgan fingerprint density at radius 2 is 2.37 bits per heavy atom. The number of carboxylic acid groups (broad SMARTS) is 1. The lowest BCUT2D eigenvalue weighted by Crippen LogP contribution is -2.26. The molecule has 1 N–H and O–H groups in total. The number of halogens is 2. The zero-order chi connectivity index (χ0) is 13.6. The van der Waals surface area contributed by atoms with Gasteiger partial charge in [-0.3, -0.25) is 0 Å². The van der Waals surface area contributed by atoms with Crippen LogP contribution in [-0.2, 0) is 0 Å². The minimum atomic E-state index is -0.907. The molecule has 1 fully saturated rings. The first-order valence-electron chi connectivity index (χ1n) is 5.60. The number of fused-ring (bicyclic) bond motifs is 1. The van der Waals surface area contributed by atoms with Crippen molar-refractivity contribution in [2.75, 3.05) is 13.1 Å². The number of rotatable bonds is 1. The molecule has 100 valence electrons. The quantitative estimate of drug-likeness (QED) is 0.854. The molecule has 0 saturated carbocycles. The second kappa shape index (κ2) is 4.61. The van der Waals surface area contributed by atoms with Crippen LogP contribution in [0.4, 0.5) is 4.79 Å². The van der Waals surface area contributed by atoms with Crippen molar-refractivity contribution < 1.29 is 9.90 Å². The molecule has 1 aliphatic rings. The van der Waals surface area contributed by atoms with Crippen LogP contribution in [-0.4, -0.2) is 48.8 Å². The number of aromatic nitrogens is 4. The number of likely N-dealkylation sites (tertiary alicyclic amines) is 1. The zero-order valence-electron chi connectivity index (χ0n) is 9.62. The van der Waals surface area contributed by atoms with E-state index in [4.69, 9.17) is 16.7 Å². The van der Waals surface area contributed by atoms with E-state index in [1.54, 1.807) is 4.52 Å². The Morgan fingerprint density at radius 1 is 1.58 bits per heavy atom. The van der Waals surface area contributed by atoms with Crippen LogP contribution in [0.3, 0.4) is 0 Å². The van der Waals surface area contributed by atoms with Crippen LogP contribution < -0.4 is 0 Å². The number of carbonyl (C=O) groups is 1. The molecule has 0 unspecified atom stereocenters. The molecule has 0 aliphatic carbocycles. The average molecular weight is 347 g/mol. The predicted octanol–water partition coefficient (Wildman–Crippen LogP) is 2.01. The molecular formula is C10H9BrClN5O2. The Labute approximate surface area is 121 Å². The number of hydrogen-bond donors (Lipinski definition) is 1. The van der Waals surface area contributed by atoms with E-state index >= 15 is 0 Å². The van der Waals surface area contributed by atoms with Gasteiger partial charge in [-0.1, -0.05) is 11.6 Å². The summed E-state index contributed by atoms with van der Waals surface area (Å²) in [6.07, 6.45) is 1.17. The number of hydrogen-bond acceptors (Lipinski definition) is 4. The summed E-state index contributed by atoms with van der Waals surface area (Å²) >= 11 is 9.35. The molecule has 0 aromatic carbocycles.